The van der Waals surface area contributed by atoms with Crippen molar-refractivity contribution in [3.8, 4) is 11.5 Å². The fourth-order valence-electron chi connectivity index (χ4n) is 5.76. The highest BCUT2D eigenvalue weighted by Gasteiger charge is 2.31. The summed E-state index contributed by atoms with van der Waals surface area (Å²) in [4.78, 5) is 40.8. The third-order valence-electron chi connectivity index (χ3n) is 8.16. The molecule has 0 aromatic heterocycles. The van der Waals surface area contributed by atoms with E-state index >= 15 is 0 Å². The van der Waals surface area contributed by atoms with Gasteiger partial charge in [0.05, 0.1) is 0 Å². The maximum Gasteiger partial charge on any atom is 0.573 e. The molecule has 1 saturated carbocycles. The quantitative estimate of drug-likeness (QED) is 0.282. The van der Waals surface area contributed by atoms with E-state index < -0.39 is 6.36 Å². The van der Waals surface area contributed by atoms with Crippen LogP contribution < -0.4 is 30.3 Å². The largest absolute Gasteiger partial charge is 0.573 e. The zero-order valence-electron chi connectivity index (χ0n) is 25.5. The van der Waals surface area contributed by atoms with Crippen LogP contribution in [0.25, 0.3) is 0 Å². The van der Waals surface area contributed by atoms with Crippen LogP contribution in [0.3, 0.4) is 0 Å². The Morgan fingerprint density at radius 2 is 1.53 bits per heavy atom. The van der Waals surface area contributed by atoms with Crippen molar-refractivity contribution < 1.29 is 37.0 Å². The number of piperazine rings is 1. The first kappa shape index (κ1) is 33.7. The van der Waals surface area contributed by atoms with E-state index in [4.69, 9.17) is 4.74 Å². The fourth-order valence-corrected chi connectivity index (χ4v) is 5.76. The molecule has 2 aliphatic rings. The van der Waals surface area contributed by atoms with E-state index in [0.717, 1.165) is 44.5 Å². The first-order valence-electron chi connectivity index (χ1n) is 15.4. The molecule has 2 fully saturated rings. The predicted molar refractivity (Wildman–Crippen MR) is 164 cm³/mol. The van der Waals surface area contributed by atoms with Gasteiger partial charge >= 0.3 is 6.36 Å². The number of nitrogens with one attached hydrogen (secondary N) is 3. The molecule has 1 heterocycles. The minimum Gasteiger partial charge on any atom is -0.484 e. The predicted octanol–water partition coefficient (Wildman–Crippen LogP) is 4.32. The molecule has 246 valence electrons. The summed E-state index contributed by atoms with van der Waals surface area (Å²) < 4.78 is 46.4. The van der Waals surface area contributed by atoms with Gasteiger partial charge in [0.15, 0.2) is 6.61 Å². The van der Waals surface area contributed by atoms with E-state index in [9.17, 15) is 27.6 Å². The summed E-state index contributed by atoms with van der Waals surface area (Å²) in [5.41, 5.74) is 1.66. The normalized spacial score (nSPS) is 18.6. The monoisotopic (exact) mass is 633 g/mol. The molecule has 0 spiro atoms. The molecule has 1 saturated heterocycles. The number of carbonyl (C=O) groups excluding carboxylic acids is 3. The maximum absolute atomic E-state index is 12.7. The first-order valence-corrected chi connectivity index (χ1v) is 15.4. The van der Waals surface area contributed by atoms with Gasteiger partial charge in [0.1, 0.15) is 11.5 Å². The van der Waals surface area contributed by atoms with Gasteiger partial charge in [0, 0.05) is 70.0 Å². The van der Waals surface area contributed by atoms with Gasteiger partial charge in [-0.1, -0.05) is 12.8 Å². The fraction of sp³-hybridized carbons (Fsp3) is 0.531. The highest BCUT2D eigenvalue weighted by Crippen LogP contribution is 2.28. The molecule has 1 aliphatic carbocycles. The Bertz CT molecular complexity index is 1250. The molecule has 45 heavy (non-hydrogen) atoms. The lowest BCUT2D eigenvalue weighted by atomic mass is 9.81. The van der Waals surface area contributed by atoms with Crippen molar-refractivity contribution in [1.29, 1.82) is 0 Å². The van der Waals surface area contributed by atoms with Gasteiger partial charge in [-0.15, -0.1) is 13.2 Å². The summed E-state index contributed by atoms with van der Waals surface area (Å²) in [7, 11) is 0. The zero-order chi connectivity index (χ0) is 32.2. The second-order valence-electron chi connectivity index (χ2n) is 11.4. The SMILES string of the molecule is CC(=O)N1CCN(c2ccc(OCC(=O)NC3CCCCC3CCC(=O)NCCNc3ccc(OC(F)(F)F)cc3)cc2)CC1. The highest BCUT2D eigenvalue weighted by molar-refractivity contribution is 5.78. The van der Waals surface area contributed by atoms with Crippen LogP contribution in [-0.2, 0) is 14.4 Å². The van der Waals surface area contributed by atoms with Crippen LogP contribution in [0, 0.1) is 5.92 Å². The zero-order valence-corrected chi connectivity index (χ0v) is 25.5. The van der Waals surface area contributed by atoms with Crippen LogP contribution >= 0.6 is 0 Å². The van der Waals surface area contributed by atoms with E-state index in [0.29, 0.717) is 50.5 Å². The topological polar surface area (TPSA) is 112 Å². The number of halogens is 3. The number of ether oxygens (including phenoxy) is 2. The maximum atomic E-state index is 12.7. The van der Waals surface area contributed by atoms with Gasteiger partial charge in [-0.2, -0.15) is 0 Å². The average Bonchev–Trinajstić information content (AvgIpc) is 3.02. The number of carbonyl (C=O) groups is 3. The highest BCUT2D eigenvalue weighted by atomic mass is 19.4. The first-order chi connectivity index (χ1) is 21.6. The van der Waals surface area contributed by atoms with E-state index in [2.05, 4.69) is 25.6 Å². The number of rotatable bonds is 13. The summed E-state index contributed by atoms with van der Waals surface area (Å²) in [5.74, 6) is 0.328. The Kier molecular flexibility index (Phi) is 12.2. The van der Waals surface area contributed by atoms with Crippen LogP contribution in [0.15, 0.2) is 48.5 Å². The van der Waals surface area contributed by atoms with Gasteiger partial charge in [-0.25, -0.2) is 0 Å². The van der Waals surface area contributed by atoms with E-state index in [-0.39, 0.29) is 42.0 Å². The van der Waals surface area contributed by atoms with E-state index in [1.165, 1.54) is 24.3 Å². The molecule has 0 bridgehead atoms. The van der Waals surface area contributed by atoms with Crippen molar-refractivity contribution in [3.63, 3.8) is 0 Å². The van der Waals surface area contributed by atoms with Gasteiger partial charge in [0.25, 0.3) is 5.91 Å². The molecule has 3 N–H and O–H groups in total. The number of anilines is 2. The molecule has 13 heteroatoms. The lowest BCUT2D eigenvalue weighted by molar-refractivity contribution is -0.274. The molecule has 2 aromatic rings. The van der Waals surface area contributed by atoms with Crippen LogP contribution in [0.1, 0.15) is 45.4 Å². The molecule has 2 atom stereocenters. The molecule has 2 aromatic carbocycles. The summed E-state index contributed by atoms with van der Waals surface area (Å²) in [6.45, 7) is 5.21. The molecule has 0 radical (unpaired) electrons. The minimum atomic E-state index is -4.73. The molecule has 1 aliphatic heterocycles. The van der Waals surface area contributed by atoms with E-state index in [1.807, 2.05) is 29.2 Å². The van der Waals surface area contributed by atoms with Gasteiger partial charge in [-0.3, -0.25) is 14.4 Å². The Morgan fingerprint density at radius 3 is 2.20 bits per heavy atom. The number of alkyl halides is 3. The van der Waals surface area contributed by atoms with Crippen molar-refractivity contribution in [1.82, 2.24) is 15.5 Å². The molecule has 4 rings (SSSR count). The third-order valence-corrected chi connectivity index (χ3v) is 8.16. The standard InChI is InChI=1S/C32H42F3N5O5/c1-23(41)39-18-20-40(21-19-39)26-9-13-27(14-10-26)44-22-31(43)38-29-5-3-2-4-24(29)6-15-30(42)37-17-16-36-25-7-11-28(12-8-25)45-32(33,34)35/h7-14,24,29,36H,2-6,15-22H2,1H3,(H,37,42)(H,38,43). The van der Waals surface area contributed by atoms with Crippen molar-refractivity contribution in [3.05, 3.63) is 48.5 Å². The minimum absolute atomic E-state index is 0.00957. The Hall–Kier alpha value is -4.16. The lowest BCUT2D eigenvalue weighted by Gasteiger charge is -2.35. The second-order valence-corrected chi connectivity index (χ2v) is 11.4. The van der Waals surface area contributed by atoms with Gasteiger partial charge < -0.3 is 35.2 Å². The second kappa shape index (κ2) is 16.2. The van der Waals surface area contributed by atoms with Crippen LogP contribution in [0.2, 0.25) is 0 Å². The Balaban J connectivity index is 1.12. The molecule has 2 unspecified atom stereocenters. The van der Waals surface area contributed by atoms with Crippen molar-refractivity contribution in [2.24, 2.45) is 5.92 Å². The summed E-state index contributed by atoms with van der Waals surface area (Å²) in [5, 5.41) is 9.01. The van der Waals surface area contributed by atoms with Crippen molar-refractivity contribution >= 4 is 29.1 Å². The number of benzene rings is 2. The van der Waals surface area contributed by atoms with Crippen LogP contribution in [0.5, 0.6) is 11.5 Å². The molecular formula is C32H42F3N5O5. The smallest absolute Gasteiger partial charge is 0.484 e. The summed E-state index contributed by atoms with van der Waals surface area (Å²) in [6, 6.07) is 13.0. The Morgan fingerprint density at radius 1 is 0.867 bits per heavy atom. The van der Waals surface area contributed by atoms with Crippen molar-refractivity contribution in [2.75, 3.05) is 56.1 Å². The number of amides is 3. The van der Waals surface area contributed by atoms with E-state index in [1.54, 1.807) is 6.92 Å². The summed E-state index contributed by atoms with van der Waals surface area (Å²) in [6.07, 6.45) is 0.146. The van der Waals surface area contributed by atoms with Gasteiger partial charge in [-0.05, 0) is 73.7 Å². The molecule has 10 nitrogen and oxygen atoms in total. The average molecular weight is 634 g/mol. The number of hydrogen-bond donors (Lipinski definition) is 3. The van der Waals surface area contributed by atoms with Crippen LogP contribution in [0.4, 0.5) is 24.5 Å². The van der Waals surface area contributed by atoms with Crippen molar-refractivity contribution in [2.45, 2.75) is 57.9 Å². The lowest BCUT2D eigenvalue weighted by Crippen LogP contribution is -2.48. The number of nitrogens with zero attached hydrogens (tertiary/aromatic N) is 2. The molecular weight excluding hydrogens is 591 g/mol. The van der Waals surface area contributed by atoms with Gasteiger partial charge in [0.2, 0.25) is 11.8 Å². The summed E-state index contributed by atoms with van der Waals surface area (Å²) >= 11 is 0. The molecule has 3 amide bonds. The Labute approximate surface area is 261 Å². The third kappa shape index (κ3) is 11.4. The van der Waals surface area contributed by atoms with Crippen LogP contribution in [-0.4, -0.2) is 80.9 Å². The number of hydrogen-bond acceptors (Lipinski definition) is 7.